The number of hydrogen-bond donors (Lipinski definition) is 2. The summed E-state index contributed by atoms with van der Waals surface area (Å²) in [6, 6.07) is 7.47. The van der Waals surface area contributed by atoms with E-state index >= 15 is 0 Å². The molecule has 0 aliphatic heterocycles. The third-order valence-electron chi connectivity index (χ3n) is 1.96. The molecule has 1 aromatic rings. The van der Waals surface area contributed by atoms with Gasteiger partial charge in [0.2, 0.25) is 0 Å². The van der Waals surface area contributed by atoms with E-state index in [0.717, 1.165) is 5.56 Å². The van der Waals surface area contributed by atoms with Crippen molar-refractivity contribution < 1.29 is 9.53 Å². The lowest BCUT2D eigenvalue weighted by Gasteiger charge is -2.11. The number of primary amides is 1. The van der Waals surface area contributed by atoms with Crippen LogP contribution < -0.4 is 11.5 Å². The van der Waals surface area contributed by atoms with Crippen molar-refractivity contribution in [3.63, 3.8) is 0 Å². The van der Waals surface area contributed by atoms with E-state index in [9.17, 15) is 4.79 Å². The van der Waals surface area contributed by atoms with Crippen molar-refractivity contribution >= 4 is 11.8 Å². The van der Waals surface area contributed by atoms with Gasteiger partial charge >= 0.3 is 6.09 Å². The zero-order valence-electron chi connectivity index (χ0n) is 8.07. The van der Waals surface area contributed by atoms with Gasteiger partial charge in [-0.05, 0) is 17.7 Å². The lowest BCUT2D eigenvalue weighted by molar-refractivity contribution is 0.151. The van der Waals surface area contributed by atoms with Gasteiger partial charge in [-0.1, -0.05) is 19.1 Å². The van der Waals surface area contributed by atoms with Crippen LogP contribution in [0.25, 0.3) is 0 Å². The molecule has 0 saturated heterocycles. The van der Waals surface area contributed by atoms with Crippen LogP contribution >= 0.6 is 0 Å². The third kappa shape index (κ3) is 2.97. The molecule has 76 valence electrons. The first-order valence-electron chi connectivity index (χ1n) is 4.37. The maximum absolute atomic E-state index is 10.4. The molecular formula is C10H14N2O2. The molecule has 0 unspecified atom stereocenters. The zero-order chi connectivity index (χ0) is 10.6. The van der Waals surface area contributed by atoms with Crippen LogP contribution in [0.3, 0.4) is 0 Å². The van der Waals surface area contributed by atoms with Crippen LogP contribution in [-0.4, -0.2) is 12.7 Å². The number of nitrogens with two attached hydrogens (primary N) is 2. The van der Waals surface area contributed by atoms with Crippen LogP contribution in [0.5, 0.6) is 0 Å². The maximum atomic E-state index is 10.4. The fourth-order valence-corrected chi connectivity index (χ4v) is 1.17. The summed E-state index contributed by atoms with van der Waals surface area (Å²) in [6.07, 6.45) is -0.749. The zero-order valence-corrected chi connectivity index (χ0v) is 8.07. The molecule has 0 fully saturated rings. The SMILES string of the molecule is C[C@H](COC(N)=O)c1cccc(N)c1. The standard InChI is InChI=1S/C10H14N2O2/c1-7(6-14-10(12)13)8-3-2-4-9(11)5-8/h2-5,7H,6,11H2,1H3,(H2,12,13)/t7-/m1/s1. The molecule has 0 spiro atoms. The summed E-state index contributed by atoms with van der Waals surface area (Å²) < 4.78 is 4.70. The van der Waals surface area contributed by atoms with E-state index in [1.807, 2.05) is 31.2 Å². The summed E-state index contributed by atoms with van der Waals surface area (Å²) in [5.74, 6) is 0.103. The summed E-state index contributed by atoms with van der Waals surface area (Å²) >= 11 is 0. The number of rotatable bonds is 3. The normalized spacial score (nSPS) is 12.1. The van der Waals surface area contributed by atoms with Crippen molar-refractivity contribution in [3.8, 4) is 0 Å². The van der Waals surface area contributed by atoms with Crippen molar-refractivity contribution in [2.45, 2.75) is 12.8 Å². The minimum absolute atomic E-state index is 0.103. The Kier molecular flexibility index (Phi) is 3.34. The summed E-state index contributed by atoms with van der Waals surface area (Å²) in [4.78, 5) is 10.4. The molecule has 1 atom stereocenters. The van der Waals surface area contributed by atoms with Gasteiger partial charge in [0, 0.05) is 11.6 Å². The van der Waals surface area contributed by atoms with Crippen LogP contribution in [0.4, 0.5) is 10.5 Å². The molecular weight excluding hydrogens is 180 g/mol. The van der Waals surface area contributed by atoms with Gasteiger partial charge in [-0.2, -0.15) is 0 Å². The molecule has 0 saturated carbocycles. The van der Waals surface area contributed by atoms with Crippen LogP contribution in [0, 0.1) is 0 Å². The number of hydrogen-bond acceptors (Lipinski definition) is 3. The summed E-state index contributed by atoms with van der Waals surface area (Å²) in [5, 5.41) is 0. The maximum Gasteiger partial charge on any atom is 0.404 e. The second-order valence-corrected chi connectivity index (χ2v) is 3.20. The predicted octanol–water partition coefficient (Wildman–Crippen LogP) is 1.47. The number of anilines is 1. The largest absolute Gasteiger partial charge is 0.449 e. The first-order chi connectivity index (χ1) is 6.59. The summed E-state index contributed by atoms with van der Waals surface area (Å²) in [5.41, 5.74) is 12.2. The quantitative estimate of drug-likeness (QED) is 0.715. The van der Waals surface area contributed by atoms with E-state index in [-0.39, 0.29) is 12.5 Å². The second kappa shape index (κ2) is 4.50. The Bertz CT molecular complexity index is 326. The van der Waals surface area contributed by atoms with Gasteiger partial charge in [-0.3, -0.25) is 0 Å². The minimum atomic E-state index is -0.749. The van der Waals surface area contributed by atoms with Crippen molar-refractivity contribution in [3.05, 3.63) is 29.8 Å². The molecule has 0 aliphatic rings. The van der Waals surface area contributed by atoms with Crippen molar-refractivity contribution in [2.24, 2.45) is 5.73 Å². The molecule has 0 heterocycles. The van der Waals surface area contributed by atoms with Crippen molar-refractivity contribution in [1.82, 2.24) is 0 Å². The Hall–Kier alpha value is -1.71. The molecule has 1 amide bonds. The van der Waals surface area contributed by atoms with Crippen LogP contribution in [0.15, 0.2) is 24.3 Å². The Labute approximate surface area is 82.8 Å². The van der Waals surface area contributed by atoms with Gasteiger partial charge in [0.25, 0.3) is 0 Å². The molecule has 0 bridgehead atoms. The predicted molar refractivity (Wildman–Crippen MR) is 54.8 cm³/mol. The highest BCUT2D eigenvalue weighted by Gasteiger charge is 2.07. The van der Waals surface area contributed by atoms with E-state index in [2.05, 4.69) is 0 Å². The Morgan fingerprint density at radius 2 is 2.29 bits per heavy atom. The van der Waals surface area contributed by atoms with Crippen LogP contribution in [0.2, 0.25) is 0 Å². The first kappa shape index (κ1) is 10.4. The number of carbonyl (C=O) groups excluding carboxylic acids is 1. The number of ether oxygens (including phenoxy) is 1. The highest BCUT2D eigenvalue weighted by atomic mass is 16.5. The highest BCUT2D eigenvalue weighted by molar-refractivity contribution is 5.64. The van der Waals surface area contributed by atoms with Gasteiger partial charge in [0.1, 0.15) is 0 Å². The third-order valence-corrected chi connectivity index (χ3v) is 1.96. The molecule has 1 aromatic carbocycles. The summed E-state index contributed by atoms with van der Waals surface area (Å²) in [6.45, 7) is 2.22. The monoisotopic (exact) mass is 194 g/mol. The van der Waals surface area contributed by atoms with Gasteiger partial charge in [-0.25, -0.2) is 4.79 Å². The van der Waals surface area contributed by atoms with Gasteiger partial charge in [0.05, 0.1) is 6.61 Å². The lowest BCUT2D eigenvalue weighted by Crippen LogP contribution is -2.16. The first-order valence-corrected chi connectivity index (χ1v) is 4.37. The van der Waals surface area contributed by atoms with E-state index in [1.165, 1.54) is 0 Å². The average Bonchev–Trinajstić information content (AvgIpc) is 2.14. The minimum Gasteiger partial charge on any atom is -0.449 e. The molecule has 0 aromatic heterocycles. The number of amides is 1. The number of benzene rings is 1. The van der Waals surface area contributed by atoms with Gasteiger partial charge < -0.3 is 16.2 Å². The fourth-order valence-electron chi connectivity index (χ4n) is 1.17. The van der Waals surface area contributed by atoms with E-state index in [1.54, 1.807) is 0 Å². The van der Waals surface area contributed by atoms with E-state index in [0.29, 0.717) is 5.69 Å². The van der Waals surface area contributed by atoms with Gasteiger partial charge in [-0.15, -0.1) is 0 Å². The molecule has 0 radical (unpaired) electrons. The Morgan fingerprint density at radius 3 is 2.86 bits per heavy atom. The molecule has 0 aliphatic carbocycles. The Morgan fingerprint density at radius 1 is 1.57 bits per heavy atom. The average molecular weight is 194 g/mol. The molecule has 1 rings (SSSR count). The number of carbonyl (C=O) groups is 1. The molecule has 4 heteroatoms. The highest BCUT2D eigenvalue weighted by Crippen LogP contribution is 2.17. The second-order valence-electron chi connectivity index (χ2n) is 3.20. The summed E-state index contributed by atoms with van der Waals surface area (Å²) in [7, 11) is 0. The fraction of sp³-hybridized carbons (Fsp3) is 0.300. The van der Waals surface area contributed by atoms with Gasteiger partial charge in [0.15, 0.2) is 0 Å². The smallest absolute Gasteiger partial charge is 0.404 e. The van der Waals surface area contributed by atoms with Crippen molar-refractivity contribution in [1.29, 1.82) is 0 Å². The van der Waals surface area contributed by atoms with E-state index in [4.69, 9.17) is 16.2 Å². The van der Waals surface area contributed by atoms with Crippen LogP contribution in [0.1, 0.15) is 18.4 Å². The van der Waals surface area contributed by atoms with E-state index < -0.39 is 6.09 Å². The molecule has 14 heavy (non-hydrogen) atoms. The number of nitrogen functional groups attached to an aromatic ring is 1. The molecule has 4 N–H and O–H groups in total. The topological polar surface area (TPSA) is 78.3 Å². The van der Waals surface area contributed by atoms with Crippen LogP contribution in [-0.2, 0) is 4.74 Å². The Balaban J connectivity index is 2.60. The van der Waals surface area contributed by atoms with Crippen molar-refractivity contribution in [2.75, 3.05) is 12.3 Å². The lowest BCUT2D eigenvalue weighted by atomic mass is 10.0. The molecule has 4 nitrogen and oxygen atoms in total.